The molecule has 0 spiro atoms. The summed E-state index contributed by atoms with van der Waals surface area (Å²) in [6.45, 7) is 2.22. The zero-order valence-corrected chi connectivity index (χ0v) is 11.1. The second-order valence-electron chi connectivity index (χ2n) is 4.10. The number of rotatable bonds is 10. The summed E-state index contributed by atoms with van der Waals surface area (Å²) in [5.41, 5.74) is 0. The van der Waals surface area contributed by atoms with Gasteiger partial charge >= 0.3 is 0 Å². The van der Waals surface area contributed by atoms with Crippen molar-refractivity contribution in [3.05, 3.63) is 0 Å². The Balaban J connectivity index is 3.15. The van der Waals surface area contributed by atoms with Crippen molar-refractivity contribution >= 4 is 29.5 Å². The maximum Gasteiger partial charge on any atom is 0.172 e. The van der Waals surface area contributed by atoms with Gasteiger partial charge in [-0.15, -0.1) is 0 Å². The fraction of sp³-hybridized carbons (Fsp3) is 0.917. The van der Waals surface area contributed by atoms with Gasteiger partial charge in [0.25, 0.3) is 0 Å². The van der Waals surface area contributed by atoms with E-state index in [1.165, 1.54) is 38.5 Å². The number of hydrogen-bond donors (Lipinski definition) is 0. The number of alkyl halides is 2. The van der Waals surface area contributed by atoms with Crippen LogP contribution in [0.5, 0.6) is 0 Å². The SMILES string of the molecule is CCCCCCCCCCC(Cl)(Cl)C=O. The van der Waals surface area contributed by atoms with Crippen LogP contribution in [0.2, 0.25) is 0 Å². The Morgan fingerprint density at radius 3 is 1.87 bits per heavy atom. The molecular weight excluding hydrogens is 231 g/mol. The molecule has 0 aromatic rings. The largest absolute Gasteiger partial charge is 0.300 e. The summed E-state index contributed by atoms with van der Waals surface area (Å²) in [7, 11) is 0. The van der Waals surface area contributed by atoms with E-state index in [2.05, 4.69) is 6.92 Å². The molecule has 0 fully saturated rings. The molecule has 0 aliphatic rings. The van der Waals surface area contributed by atoms with Crippen molar-refractivity contribution in [2.75, 3.05) is 0 Å². The van der Waals surface area contributed by atoms with E-state index in [-0.39, 0.29) is 0 Å². The lowest BCUT2D eigenvalue weighted by Crippen LogP contribution is -2.13. The topological polar surface area (TPSA) is 17.1 Å². The van der Waals surface area contributed by atoms with Crippen molar-refractivity contribution in [1.82, 2.24) is 0 Å². The van der Waals surface area contributed by atoms with Crippen molar-refractivity contribution < 1.29 is 4.79 Å². The lowest BCUT2D eigenvalue weighted by atomic mass is 10.1. The van der Waals surface area contributed by atoms with Gasteiger partial charge in [0.1, 0.15) is 0 Å². The van der Waals surface area contributed by atoms with E-state index in [1.54, 1.807) is 0 Å². The second kappa shape index (κ2) is 9.47. The highest BCUT2D eigenvalue weighted by atomic mass is 35.5. The molecule has 0 unspecified atom stereocenters. The molecule has 0 bridgehead atoms. The van der Waals surface area contributed by atoms with Crippen LogP contribution >= 0.6 is 23.2 Å². The predicted molar refractivity (Wildman–Crippen MR) is 67.7 cm³/mol. The van der Waals surface area contributed by atoms with Gasteiger partial charge in [0.05, 0.1) is 0 Å². The van der Waals surface area contributed by atoms with Gasteiger partial charge in [-0.2, -0.15) is 0 Å². The summed E-state index contributed by atoms with van der Waals surface area (Å²) >= 11 is 11.4. The molecule has 0 radical (unpaired) electrons. The molecule has 0 saturated heterocycles. The predicted octanol–water partition coefficient (Wildman–Crippen LogP) is 4.89. The van der Waals surface area contributed by atoms with Gasteiger partial charge in [-0.05, 0) is 6.42 Å². The van der Waals surface area contributed by atoms with Gasteiger partial charge in [-0.3, -0.25) is 0 Å². The van der Waals surface area contributed by atoms with Crippen LogP contribution < -0.4 is 0 Å². The van der Waals surface area contributed by atoms with Crippen LogP contribution in [0.25, 0.3) is 0 Å². The molecule has 90 valence electrons. The fourth-order valence-electron chi connectivity index (χ4n) is 1.55. The smallest absolute Gasteiger partial charge is 0.172 e. The van der Waals surface area contributed by atoms with E-state index in [0.29, 0.717) is 12.7 Å². The van der Waals surface area contributed by atoms with Crippen molar-refractivity contribution in [1.29, 1.82) is 0 Å². The lowest BCUT2D eigenvalue weighted by molar-refractivity contribution is -0.108. The van der Waals surface area contributed by atoms with E-state index >= 15 is 0 Å². The van der Waals surface area contributed by atoms with Crippen molar-refractivity contribution in [3.63, 3.8) is 0 Å². The van der Waals surface area contributed by atoms with Gasteiger partial charge in [0, 0.05) is 0 Å². The Labute approximate surface area is 104 Å². The molecule has 0 aliphatic carbocycles. The summed E-state index contributed by atoms with van der Waals surface area (Å²) in [6, 6.07) is 0. The van der Waals surface area contributed by atoms with Crippen LogP contribution in [0, 0.1) is 0 Å². The fourth-order valence-corrected chi connectivity index (χ4v) is 1.82. The minimum atomic E-state index is -1.15. The summed E-state index contributed by atoms with van der Waals surface area (Å²) in [4.78, 5) is 10.4. The zero-order valence-electron chi connectivity index (χ0n) is 9.61. The molecule has 0 saturated carbocycles. The van der Waals surface area contributed by atoms with Crippen molar-refractivity contribution in [2.45, 2.75) is 69.0 Å². The summed E-state index contributed by atoms with van der Waals surface area (Å²) in [5, 5.41) is 0. The monoisotopic (exact) mass is 252 g/mol. The lowest BCUT2D eigenvalue weighted by Gasteiger charge is -2.10. The number of aldehydes is 1. The first-order valence-corrected chi connectivity index (χ1v) is 6.72. The average Bonchev–Trinajstić information content (AvgIpc) is 2.22. The van der Waals surface area contributed by atoms with E-state index < -0.39 is 4.33 Å². The van der Waals surface area contributed by atoms with Crippen LogP contribution in [0.15, 0.2) is 0 Å². The zero-order chi connectivity index (χ0) is 11.6. The Morgan fingerprint density at radius 1 is 0.933 bits per heavy atom. The highest BCUT2D eigenvalue weighted by Crippen LogP contribution is 2.25. The first kappa shape index (κ1) is 15.2. The molecule has 0 heterocycles. The quantitative estimate of drug-likeness (QED) is 0.308. The maximum absolute atomic E-state index is 10.4. The Kier molecular flexibility index (Phi) is 9.63. The molecule has 0 atom stereocenters. The van der Waals surface area contributed by atoms with Gasteiger partial charge in [-0.25, -0.2) is 0 Å². The molecule has 0 aliphatic heterocycles. The molecule has 3 heteroatoms. The summed E-state index contributed by atoms with van der Waals surface area (Å²) in [5.74, 6) is 0. The molecular formula is C12H22Cl2O. The molecule has 0 amide bonds. The first-order chi connectivity index (χ1) is 7.12. The number of carbonyl (C=O) groups excluding carboxylic acids is 1. The summed E-state index contributed by atoms with van der Waals surface area (Å²) < 4.78 is -1.15. The number of carbonyl (C=O) groups is 1. The molecule has 0 rings (SSSR count). The minimum absolute atomic E-state index is 0.578. The molecule has 1 nitrogen and oxygen atoms in total. The highest BCUT2D eigenvalue weighted by molar-refractivity contribution is 6.55. The minimum Gasteiger partial charge on any atom is -0.300 e. The highest BCUT2D eigenvalue weighted by Gasteiger charge is 2.21. The molecule has 0 aromatic heterocycles. The standard InChI is InChI=1S/C12H22Cl2O/c1-2-3-4-5-6-7-8-9-10-12(13,14)11-15/h11H,2-10H2,1H3. The van der Waals surface area contributed by atoms with Gasteiger partial charge in [0.2, 0.25) is 0 Å². The van der Waals surface area contributed by atoms with Crippen LogP contribution in [0.4, 0.5) is 0 Å². The van der Waals surface area contributed by atoms with E-state index in [9.17, 15) is 4.79 Å². The third-order valence-corrected chi connectivity index (χ3v) is 3.09. The second-order valence-corrected chi connectivity index (χ2v) is 5.65. The van der Waals surface area contributed by atoms with Gasteiger partial charge in [-0.1, -0.05) is 81.5 Å². The Hall–Kier alpha value is 0.250. The maximum atomic E-state index is 10.4. The molecule has 0 N–H and O–H groups in total. The van der Waals surface area contributed by atoms with E-state index in [0.717, 1.165) is 12.8 Å². The normalized spacial score (nSPS) is 11.7. The number of halogens is 2. The third-order valence-electron chi connectivity index (χ3n) is 2.54. The van der Waals surface area contributed by atoms with Crippen LogP contribution in [-0.4, -0.2) is 10.6 Å². The Bertz CT molecular complexity index is 158. The first-order valence-electron chi connectivity index (χ1n) is 5.96. The van der Waals surface area contributed by atoms with E-state index in [1.807, 2.05) is 0 Å². The Morgan fingerprint density at radius 2 is 1.40 bits per heavy atom. The van der Waals surface area contributed by atoms with Crippen molar-refractivity contribution in [3.8, 4) is 0 Å². The van der Waals surface area contributed by atoms with Crippen molar-refractivity contribution in [2.24, 2.45) is 0 Å². The third kappa shape index (κ3) is 10.5. The van der Waals surface area contributed by atoms with E-state index in [4.69, 9.17) is 23.2 Å². The average molecular weight is 253 g/mol. The van der Waals surface area contributed by atoms with Crippen LogP contribution in [0.1, 0.15) is 64.7 Å². The molecule has 0 aromatic carbocycles. The summed E-state index contributed by atoms with van der Waals surface area (Å²) in [6.07, 6.45) is 11.1. The van der Waals surface area contributed by atoms with Crippen LogP contribution in [0.3, 0.4) is 0 Å². The number of unbranched alkanes of at least 4 members (excludes halogenated alkanes) is 7. The van der Waals surface area contributed by atoms with Gasteiger partial charge < -0.3 is 4.79 Å². The number of hydrogen-bond acceptors (Lipinski definition) is 1. The van der Waals surface area contributed by atoms with Crippen LogP contribution in [-0.2, 0) is 4.79 Å². The van der Waals surface area contributed by atoms with Gasteiger partial charge in [0.15, 0.2) is 10.6 Å². The molecule has 15 heavy (non-hydrogen) atoms.